The summed E-state index contributed by atoms with van der Waals surface area (Å²) in [5.41, 5.74) is 1.94. The van der Waals surface area contributed by atoms with Gasteiger partial charge in [0.2, 0.25) is 0 Å². The molecule has 0 aliphatic heterocycles. The average molecular weight is 428 g/mol. The second-order valence-corrected chi connectivity index (χ2v) is 6.16. The SMILES string of the molecule is COc1ccc(OC)c(NC(=S)NCc2cccc(I)c2)c1. The van der Waals surface area contributed by atoms with E-state index in [0.717, 1.165) is 11.4 Å². The molecule has 0 aromatic heterocycles. The van der Waals surface area contributed by atoms with Crippen LogP contribution in [0.4, 0.5) is 5.69 Å². The molecule has 0 saturated carbocycles. The molecule has 2 N–H and O–H groups in total. The Bertz CT molecular complexity index is 664. The van der Waals surface area contributed by atoms with Crippen molar-refractivity contribution in [2.75, 3.05) is 19.5 Å². The van der Waals surface area contributed by atoms with Crippen molar-refractivity contribution in [3.05, 3.63) is 51.6 Å². The molecule has 22 heavy (non-hydrogen) atoms. The highest BCUT2D eigenvalue weighted by Gasteiger charge is 2.07. The maximum Gasteiger partial charge on any atom is 0.171 e. The number of thiocarbonyl (C=S) groups is 1. The van der Waals surface area contributed by atoms with Gasteiger partial charge in [0.05, 0.1) is 19.9 Å². The first kappa shape index (κ1) is 16.8. The van der Waals surface area contributed by atoms with E-state index in [2.05, 4.69) is 51.4 Å². The summed E-state index contributed by atoms with van der Waals surface area (Å²) in [6.07, 6.45) is 0. The van der Waals surface area contributed by atoms with Gasteiger partial charge in [0, 0.05) is 16.2 Å². The van der Waals surface area contributed by atoms with Gasteiger partial charge in [0.15, 0.2) is 5.11 Å². The number of ether oxygens (including phenoxy) is 2. The van der Waals surface area contributed by atoms with E-state index in [1.807, 2.05) is 24.3 Å². The Kier molecular flexibility index (Phi) is 6.26. The second-order valence-electron chi connectivity index (χ2n) is 4.50. The number of halogens is 1. The fourth-order valence-electron chi connectivity index (χ4n) is 1.91. The molecule has 0 atom stereocenters. The molecular weight excluding hydrogens is 411 g/mol. The van der Waals surface area contributed by atoms with Crippen molar-refractivity contribution in [3.63, 3.8) is 0 Å². The number of benzene rings is 2. The molecule has 0 saturated heterocycles. The number of anilines is 1. The van der Waals surface area contributed by atoms with Gasteiger partial charge in [0.1, 0.15) is 11.5 Å². The van der Waals surface area contributed by atoms with Crippen LogP contribution in [0.2, 0.25) is 0 Å². The Morgan fingerprint density at radius 2 is 1.95 bits per heavy atom. The molecule has 4 nitrogen and oxygen atoms in total. The zero-order chi connectivity index (χ0) is 15.9. The third kappa shape index (κ3) is 4.74. The summed E-state index contributed by atoms with van der Waals surface area (Å²) in [5, 5.41) is 6.85. The summed E-state index contributed by atoms with van der Waals surface area (Å²) in [4.78, 5) is 0. The molecule has 0 unspecified atom stereocenters. The van der Waals surface area contributed by atoms with Crippen LogP contribution in [0.25, 0.3) is 0 Å². The lowest BCUT2D eigenvalue weighted by Crippen LogP contribution is -2.28. The van der Waals surface area contributed by atoms with E-state index in [1.165, 1.54) is 9.13 Å². The Balaban J connectivity index is 1.99. The molecule has 0 heterocycles. The summed E-state index contributed by atoms with van der Waals surface area (Å²) < 4.78 is 11.7. The molecule has 6 heteroatoms. The predicted octanol–water partition coefficient (Wildman–Crippen LogP) is 3.80. The molecule has 0 spiro atoms. The predicted molar refractivity (Wildman–Crippen MR) is 102 cm³/mol. The smallest absolute Gasteiger partial charge is 0.171 e. The number of hydrogen-bond acceptors (Lipinski definition) is 3. The molecule has 0 aliphatic carbocycles. The molecule has 0 amide bonds. The molecular formula is C16H17IN2O2S. The Labute approximate surface area is 149 Å². The molecule has 116 valence electrons. The summed E-state index contributed by atoms with van der Waals surface area (Å²) in [7, 11) is 3.24. The highest BCUT2D eigenvalue weighted by molar-refractivity contribution is 14.1. The lowest BCUT2D eigenvalue weighted by atomic mass is 10.2. The summed E-state index contributed by atoms with van der Waals surface area (Å²) >= 11 is 7.63. The minimum Gasteiger partial charge on any atom is -0.497 e. The van der Waals surface area contributed by atoms with Crippen LogP contribution in [-0.2, 0) is 6.54 Å². The third-order valence-corrected chi connectivity index (χ3v) is 3.91. The molecule has 2 aromatic carbocycles. The zero-order valence-electron chi connectivity index (χ0n) is 12.4. The summed E-state index contributed by atoms with van der Waals surface area (Å²) in [6, 6.07) is 13.8. The Morgan fingerprint density at radius 1 is 1.14 bits per heavy atom. The van der Waals surface area contributed by atoms with Gasteiger partial charge in [-0.1, -0.05) is 12.1 Å². The van der Waals surface area contributed by atoms with Crippen molar-refractivity contribution in [1.82, 2.24) is 5.32 Å². The van der Waals surface area contributed by atoms with E-state index < -0.39 is 0 Å². The van der Waals surface area contributed by atoms with Crippen LogP contribution in [-0.4, -0.2) is 19.3 Å². The molecule has 0 fully saturated rings. The average Bonchev–Trinajstić information content (AvgIpc) is 2.53. The highest BCUT2D eigenvalue weighted by Crippen LogP contribution is 2.28. The van der Waals surface area contributed by atoms with Crippen LogP contribution in [0.5, 0.6) is 11.5 Å². The van der Waals surface area contributed by atoms with E-state index in [-0.39, 0.29) is 0 Å². The van der Waals surface area contributed by atoms with Gasteiger partial charge in [-0.2, -0.15) is 0 Å². The van der Waals surface area contributed by atoms with Gasteiger partial charge in [-0.3, -0.25) is 0 Å². The molecule has 0 aliphatic rings. The van der Waals surface area contributed by atoms with Crippen molar-refractivity contribution in [2.45, 2.75) is 6.54 Å². The number of hydrogen-bond donors (Lipinski definition) is 2. The monoisotopic (exact) mass is 428 g/mol. The van der Waals surface area contributed by atoms with Crippen molar-refractivity contribution >= 4 is 45.6 Å². The van der Waals surface area contributed by atoms with Crippen LogP contribution in [0, 0.1) is 3.57 Å². The topological polar surface area (TPSA) is 42.5 Å². The number of methoxy groups -OCH3 is 2. The number of nitrogens with one attached hydrogen (secondary N) is 2. The van der Waals surface area contributed by atoms with Gasteiger partial charge in [-0.05, 0) is 64.6 Å². The van der Waals surface area contributed by atoms with Crippen molar-refractivity contribution in [2.24, 2.45) is 0 Å². The van der Waals surface area contributed by atoms with Crippen LogP contribution in [0.15, 0.2) is 42.5 Å². The van der Waals surface area contributed by atoms with Gasteiger partial charge >= 0.3 is 0 Å². The lowest BCUT2D eigenvalue weighted by molar-refractivity contribution is 0.405. The third-order valence-electron chi connectivity index (χ3n) is 3.00. The van der Waals surface area contributed by atoms with Crippen LogP contribution < -0.4 is 20.1 Å². The molecule has 2 aromatic rings. The summed E-state index contributed by atoms with van der Waals surface area (Å²) in [6.45, 7) is 0.662. The van der Waals surface area contributed by atoms with E-state index in [9.17, 15) is 0 Å². The summed E-state index contributed by atoms with van der Waals surface area (Å²) in [5.74, 6) is 1.45. The largest absolute Gasteiger partial charge is 0.497 e. The highest BCUT2D eigenvalue weighted by atomic mass is 127. The molecule has 2 rings (SSSR count). The zero-order valence-corrected chi connectivity index (χ0v) is 15.3. The Morgan fingerprint density at radius 3 is 2.64 bits per heavy atom. The number of rotatable bonds is 5. The first-order valence-electron chi connectivity index (χ1n) is 6.63. The van der Waals surface area contributed by atoms with Crippen LogP contribution in [0.1, 0.15) is 5.56 Å². The fourth-order valence-corrected chi connectivity index (χ4v) is 2.70. The van der Waals surface area contributed by atoms with E-state index >= 15 is 0 Å². The maximum atomic E-state index is 5.33. The van der Waals surface area contributed by atoms with Crippen LogP contribution >= 0.6 is 34.8 Å². The fraction of sp³-hybridized carbons (Fsp3) is 0.188. The maximum absolute atomic E-state index is 5.33. The first-order valence-corrected chi connectivity index (χ1v) is 8.12. The van der Waals surface area contributed by atoms with E-state index in [4.69, 9.17) is 21.7 Å². The van der Waals surface area contributed by atoms with Crippen molar-refractivity contribution < 1.29 is 9.47 Å². The van der Waals surface area contributed by atoms with Gasteiger partial charge in [-0.15, -0.1) is 0 Å². The van der Waals surface area contributed by atoms with E-state index in [0.29, 0.717) is 17.4 Å². The lowest BCUT2D eigenvalue weighted by Gasteiger charge is -2.14. The van der Waals surface area contributed by atoms with Crippen LogP contribution in [0.3, 0.4) is 0 Å². The van der Waals surface area contributed by atoms with Crippen molar-refractivity contribution in [3.8, 4) is 11.5 Å². The van der Waals surface area contributed by atoms with Gasteiger partial charge in [-0.25, -0.2) is 0 Å². The first-order chi connectivity index (χ1) is 10.6. The van der Waals surface area contributed by atoms with Gasteiger partial charge < -0.3 is 20.1 Å². The normalized spacial score (nSPS) is 9.95. The minimum atomic E-state index is 0.533. The molecule has 0 bridgehead atoms. The quantitative estimate of drug-likeness (QED) is 0.561. The van der Waals surface area contributed by atoms with E-state index in [1.54, 1.807) is 14.2 Å². The van der Waals surface area contributed by atoms with Gasteiger partial charge in [0.25, 0.3) is 0 Å². The minimum absolute atomic E-state index is 0.533. The Hall–Kier alpha value is -1.54. The molecule has 0 radical (unpaired) electrons. The van der Waals surface area contributed by atoms with Crippen molar-refractivity contribution in [1.29, 1.82) is 0 Å². The standard InChI is InChI=1S/C16H17IN2O2S/c1-20-13-6-7-15(21-2)14(9-13)19-16(22)18-10-11-4-3-5-12(17)8-11/h3-9H,10H2,1-2H3,(H2,18,19,22). The second kappa shape index (κ2) is 8.19.